The molecule has 1 aliphatic heterocycles. The number of amides is 1. The van der Waals surface area contributed by atoms with Crippen molar-refractivity contribution in [2.24, 2.45) is 23.0 Å². The third-order valence-corrected chi connectivity index (χ3v) is 4.28. The molecule has 1 aliphatic carbocycles. The van der Waals surface area contributed by atoms with Gasteiger partial charge in [-0.05, 0) is 30.1 Å². The molecule has 2 aliphatic rings. The van der Waals surface area contributed by atoms with E-state index in [0.717, 1.165) is 31.5 Å². The van der Waals surface area contributed by atoms with Gasteiger partial charge in [-0.3, -0.25) is 9.69 Å². The largest absolute Gasteiger partial charge is 0.369 e. The molecule has 1 amide bonds. The highest BCUT2D eigenvalue weighted by molar-refractivity contribution is 5.75. The molecular formula is C16H31N3O. The van der Waals surface area contributed by atoms with Gasteiger partial charge in [0.15, 0.2) is 0 Å². The number of hydrogen-bond acceptors (Lipinski definition) is 3. The highest BCUT2D eigenvalue weighted by atomic mass is 16.1. The molecule has 116 valence electrons. The number of hydrogen-bond donors (Lipinski definition) is 2. The molecule has 0 aromatic rings. The number of nitrogens with two attached hydrogens (primary N) is 1. The van der Waals surface area contributed by atoms with E-state index < -0.39 is 0 Å². The zero-order valence-electron chi connectivity index (χ0n) is 13.3. The van der Waals surface area contributed by atoms with Crippen LogP contribution in [0.15, 0.2) is 0 Å². The molecule has 0 aromatic carbocycles. The quantitative estimate of drug-likeness (QED) is 0.777. The lowest BCUT2D eigenvalue weighted by molar-refractivity contribution is -0.119. The Balaban J connectivity index is 1.86. The fourth-order valence-electron chi connectivity index (χ4n) is 3.25. The second kappa shape index (κ2) is 6.44. The van der Waals surface area contributed by atoms with Crippen molar-refractivity contribution in [1.29, 1.82) is 0 Å². The molecule has 4 nitrogen and oxygen atoms in total. The maximum absolute atomic E-state index is 11.2. The summed E-state index contributed by atoms with van der Waals surface area (Å²) in [4.78, 5) is 13.4. The van der Waals surface area contributed by atoms with E-state index >= 15 is 0 Å². The van der Waals surface area contributed by atoms with Gasteiger partial charge >= 0.3 is 0 Å². The van der Waals surface area contributed by atoms with Gasteiger partial charge in [0.1, 0.15) is 0 Å². The van der Waals surface area contributed by atoms with Crippen LogP contribution in [-0.2, 0) is 4.79 Å². The third-order valence-electron chi connectivity index (χ3n) is 4.28. The highest BCUT2D eigenvalue weighted by Crippen LogP contribution is 2.37. The summed E-state index contributed by atoms with van der Waals surface area (Å²) in [5.41, 5.74) is 5.67. The lowest BCUT2D eigenvalue weighted by Gasteiger charge is -2.39. The number of primary amides is 1. The smallest absolute Gasteiger partial charge is 0.231 e. The van der Waals surface area contributed by atoms with Crippen molar-refractivity contribution < 1.29 is 4.79 Å². The first-order chi connectivity index (χ1) is 9.32. The molecule has 0 spiro atoms. The van der Waals surface area contributed by atoms with Gasteiger partial charge in [0.05, 0.1) is 6.54 Å². The predicted octanol–water partition coefficient (Wildman–Crippen LogP) is 1.60. The number of piperidine rings is 1. The standard InChI is InChI=1S/C16H31N3O/c1-16(2,3)11-18-14-7-13(6-12-4-5-12)8-19(9-14)10-15(17)20/h12-14,18H,4-11H2,1-3H3,(H2,17,20). The predicted molar refractivity (Wildman–Crippen MR) is 82.3 cm³/mol. The van der Waals surface area contributed by atoms with Gasteiger partial charge in [0.25, 0.3) is 0 Å². The lowest BCUT2D eigenvalue weighted by Crippen LogP contribution is -2.52. The number of rotatable bonds is 6. The first-order valence-corrected chi connectivity index (χ1v) is 8.06. The Labute approximate surface area is 123 Å². The van der Waals surface area contributed by atoms with Crippen molar-refractivity contribution in [2.75, 3.05) is 26.2 Å². The monoisotopic (exact) mass is 281 g/mol. The van der Waals surface area contributed by atoms with Gasteiger partial charge in [-0.1, -0.05) is 33.6 Å². The number of carbonyl (C=O) groups is 1. The summed E-state index contributed by atoms with van der Waals surface area (Å²) in [6, 6.07) is 0.506. The molecule has 2 rings (SSSR count). The van der Waals surface area contributed by atoms with Crippen LogP contribution in [0.4, 0.5) is 0 Å². The number of likely N-dealkylation sites (tertiary alicyclic amines) is 1. The number of nitrogens with one attached hydrogen (secondary N) is 1. The second-order valence-corrected chi connectivity index (χ2v) is 8.08. The molecule has 1 heterocycles. The van der Waals surface area contributed by atoms with Crippen LogP contribution in [0.1, 0.15) is 46.5 Å². The van der Waals surface area contributed by atoms with E-state index in [2.05, 4.69) is 31.0 Å². The van der Waals surface area contributed by atoms with Gasteiger partial charge in [-0.25, -0.2) is 0 Å². The Morgan fingerprint density at radius 2 is 1.95 bits per heavy atom. The molecule has 3 N–H and O–H groups in total. The topological polar surface area (TPSA) is 58.4 Å². The molecular weight excluding hydrogens is 250 g/mol. The van der Waals surface area contributed by atoms with Crippen molar-refractivity contribution in [2.45, 2.75) is 52.5 Å². The van der Waals surface area contributed by atoms with E-state index in [0.29, 0.717) is 18.0 Å². The normalized spacial score (nSPS) is 28.6. The van der Waals surface area contributed by atoms with E-state index in [-0.39, 0.29) is 5.91 Å². The second-order valence-electron chi connectivity index (χ2n) is 8.08. The summed E-state index contributed by atoms with van der Waals surface area (Å²) in [7, 11) is 0. The van der Waals surface area contributed by atoms with E-state index in [1.165, 1.54) is 25.7 Å². The van der Waals surface area contributed by atoms with Gasteiger partial charge in [0, 0.05) is 25.7 Å². The summed E-state index contributed by atoms with van der Waals surface area (Å²) in [5.74, 6) is 1.48. The minimum Gasteiger partial charge on any atom is -0.369 e. The van der Waals surface area contributed by atoms with Crippen LogP contribution < -0.4 is 11.1 Å². The Hall–Kier alpha value is -0.610. The van der Waals surface area contributed by atoms with Gasteiger partial charge < -0.3 is 11.1 Å². The van der Waals surface area contributed by atoms with Crippen molar-refractivity contribution in [3.63, 3.8) is 0 Å². The fourth-order valence-corrected chi connectivity index (χ4v) is 3.25. The summed E-state index contributed by atoms with van der Waals surface area (Å²) in [6.45, 7) is 10.2. The molecule has 20 heavy (non-hydrogen) atoms. The van der Waals surface area contributed by atoms with Gasteiger partial charge in [-0.2, -0.15) is 0 Å². The SMILES string of the molecule is CC(C)(C)CNC1CC(CC2CC2)CN(CC(N)=O)C1. The Morgan fingerprint density at radius 1 is 1.25 bits per heavy atom. The van der Waals surface area contributed by atoms with Crippen LogP contribution in [0.5, 0.6) is 0 Å². The van der Waals surface area contributed by atoms with Crippen LogP contribution in [0.3, 0.4) is 0 Å². The van der Waals surface area contributed by atoms with Crippen molar-refractivity contribution in [1.82, 2.24) is 10.2 Å². The number of nitrogens with zero attached hydrogens (tertiary/aromatic N) is 1. The van der Waals surface area contributed by atoms with E-state index in [4.69, 9.17) is 5.73 Å². The summed E-state index contributed by atoms with van der Waals surface area (Å²) in [5, 5.41) is 3.69. The molecule has 2 atom stereocenters. The Morgan fingerprint density at radius 3 is 2.50 bits per heavy atom. The fraction of sp³-hybridized carbons (Fsp3) is 0.938. The molecule has 4 heteroatoms. The molecule has 0 radical (unpaired) electrons. The average Bonchev–Trinajstić information content (AvgIpc) is 3.08. The molecule has 2 fully saturated rings. The number of carbonyl (C=O) groups excluding carboxylic acids is 1. The summed E-state index contributed by atoms with van der Waals surface area (Å²) in [6.07, 6.45) is 5.41. The Kier molecular flexibility index (Phi) is 5.08. The first kappa shape index (κ1) is 15.8. The average molecular weight is 281 g/mol. The lowest BCUT2D eigenvalue weighted by atomic mass is 9.88. The molecule has 2 unspecified atom stereocenters. The molecule has 0 aromatic heterocycles. The minimum absolute atomic E-state index is 0.202. The highest BCUT2D eigenvalue weighted by Gasteiger charge is 2.32. The molecule has 1 saturated heterocycles. The van der Waals surface area contributed by atoms with E-state index in [9.17, 15) is 4.79 Å². The van der Waals surface area contributed by atoms with Crippen LogP contribution >= 0.6 is 0 Å². The minimum atomic E-state index is -0.202. The third kappa shape index (κ3) is 5.80. The van der Waals surface area contributed by atoms with Gasteiger partial charge in [-0.15, -0.1) is 0 Å². The van der Waals surface area contributed by atoms with Crippen molar-refractivity contribution in [3.05, 3.63) is 0 Å². The Bertz CT molecular complexity index is 333. The van der Waals surface area contributed by atoms with Crippen LogP contribution in [-0.4, -0.2) is 43.0 Å². The maximum atomic E-state index is 11.2. The summed E-state index contributed by atoms with van der Waals surface area (Å²) >= 11 is 0. The van der Waals surface area contributed by atoms with Crippen LogP contribution in [0.25, 0.3) is 0 Å². The van der Waals surface area contributed by atoms with E-state index in [1.54, 1.807) is 0 Å². The maximum Gasteiger partial charge on any atom is 0.231 e. The molecule has 1 saturated carbocycles. The zero-order valence-corrected chi connectivity index (χ0v) is 13.3. The van der Waals surface area contributed by atoms with Crippen molar-refractivity contribution in [3.8, 4) is 0 Å². The summed E-state index contributed by atoms with van der Waals surface area (Å²) < 4.78 is 0. The zero-order chi connectivity index (χ0) is 14.8. The van der Waals surface area contributed by atoms with Crippen molar-refractivity contribution >= 4 is 5.91 Å². The van der Waals surface area contributed by atoms with Crippen LogP contribution in [0, 0.1) is 17.3 Å². The van der Waals surface area contributed by atoms with Crippen LogP contribution in [0.2, 0.25) is 0 Å². The van der Waals surface area contributed by atoms with E-state index in [1.807, 2.05) is 0 Å². The first-order valence-electron chi connectivity index (χ1n) is 8.06. The van der Waals surface area contributed by atoms with Gasteiger partial charge in [0.2, 0.25) is 5.91 Å². The molecule has 0 bridgehead atoms.